The molecule has 1 amide bonds. The van der Waals surface area contributed by atoms with E-state index in [1.807, 2.05) is 11.0 Å². The number of benzene rings is 1. The highest BCUT2D eigenvalue weighted by Crippen LogP contribution is 2.17. The van der Waals surface area contributed by atoms with E-state index in [1.165, 1.54) is 37.8 Å². The van der Waals surface area contributed by atoms with Gasteiger partial charge in [0.1, 0.15) is 0 Å². The predicted molar refractivity (Wildman–Crippen MR) is 116 cm³/mol. The number of hydrogen-bond donors (Lipinski definition) is 2. The fraction of sp³-hybridized carbons (Fsp3) is 0.636. The number of anilines is 1. The molecule has 0 bridgehead atoms. The van der Waals surface area contributed by atoms with Crippen molar-refractivity contribution < 1.29 is 4.79 Å². The van der Waals surface area contributed by atoms with Gasteiger partial charge in [-0.15, -0.1) is 0 Å². The minimum Gasteiger partial charge on any atom is -0.368 e. The molecular weight excluding hydrogens is 350 g/mol. The fourth-order valence-electron chi connectivity index (χ4n) is 4.03. The number of amides is 1. The maximum absolute atomic E-state index is 12.6. The first kappa shape index (κ1) is 20.5. The van der Waals surface area contributed by atoms with Gasteiger partial charge < -0.3 is 20.4 Å². The van der Waals surface area contributed by atoms with Crippen molar-refractivity contribution in [3.63, 3.8) is 0 Å². The van der Waals surface area contributed by atoms with E-state index >= 15 is 0 Å². The molecule has 1 aliphatic carbocycles. The summed E-state index contributed by atoms with van der Waals surface area (Å²) in [4.78, 5) is 21.5. The maximum Gasteiger partial charge on any atom is 0.224 e. The van der Waals surface area contributed by atoms with Gasteiger partial charge in [-0.05, 0) is 31.9 Å². The van der Waals surface area contributed by atoms with Crippen molar-refractivity contribution in [3.05, 3.63) is 30.3 Å². The Kier molecular flexibility index (Phi) is 8.00. The minimum absolute atomic E-state index is 0.213. The second kappa shape index (κ2) is 10.9. The Morgan fingerprint density at radius 3 is 2.46 bits per heavy atom. The molecule has 0 radical (unpaired) electrons. The molecule has 3 rings (SSSR count). The van der Waals surface area contributed by atoms with E-state index in [-0.39, 0.29) is 5.91 Å². The Bertz CT molecular complexity index is 619. The molecule has 6 nitrogen and oxygen atoms in total. The smallest absolute Gasteiger partial charge is 0.224 e. The minimum atomic E-state index is 0.213. The van der Waals surface area contributed by atoms with Crippen LogP contribution in [0.4, 0.5) is 5.69 Å². The van der Waals surface area contributed by atoms with E-state index in [0.29, 0.717) is 19.0 Å². The van der Waals surface area contributed by atoms with Gasteiger partial charge in [0.05, 0.1) is 6.54 Å². The van der Waals surface area contributed by atoms with Crippen LogP contribution in [0, 0.1) is 0 Å². The molecule has 2 N–H and O–H groups in total. The molecule has 2 fully saturated rings. The van der Waals surface area contributed by atoms with Crippen LogP contribution in [0.25, 0.3) is 0 Å². The van der Waals surface area contributed by atoms with Crippen molar-refractivity contribution in [2.45, 2.75) is 51.5 Å². The number of para-hydroxylation sites is 1. The molecule has 0 atom stereocenters. The fourth-order valence-corrected chi connectivity index (χ4v) is 4.03. The number of guanidine groups is 1. The molecule has 1 aliphatic heterocycles. The summed E-state index contributed by atoms with van der Waals surface area (Å²) in [6, 6.07) is 11.0. The van der Waals surface area contributed by atoms with Crippen LogP contribution in [-0.4, -0.2) is 62.1 Å². The molecule has 0 unspecified atom stereocenters. The Morgan fingerprint density at radius 1 is 1.07 bits per heavy atom. The summed E-state index contributed by atoms with van der Waals surface area (Å²) in [7, 11) is 0. The van der Waals surface area contributed by atoms with Crippen LogP contribution in [0.2, 0.25) is 0 Å². The van der Waals surface area contributed by atoms with E-state index in [0.717, 1.165) is 38.7 Å². The quantitative estimate of drug-likeness (QED) is 0.584. The normalized spacial score (nSPS) is 18.8. The zero-order chi connectivity index (χ0) is 19.6. The molecule has 1 saturated heterocycles. The van der Waals surface area contributed by atoms with E-state index in [1.54, 1.807) is 0 Å². The highest BCUT2D eigenvalue weighted by molar-refractivity contribution is 5.81. The molecule has 1 aromatic rings. The third-order valence-corrected chi connectivity index (χ3v) is 5.64. The van der Waals surface area contributed by atoms with Crippen molar-refractivity contribution >= 4 is 17.6 Å². The average Bonchev–Trinajstić information content (AvgIpc) is 2.75. The molecule has 154 valence electrons. The third kappa shape index (κ3) is 6.14. The second-order valence-electron chi connectivity index (χ2n) is 7.69. The van der Waals surface area contributed by atoms with Gasteiger partial charge in [0, 0.05) is 50.9 Å². The van der Waals surface area contributed by atoms with Crippen LogP contribution in [0.5, 0.6) is 0 Å². The van der Waals surface area contributed by atoms with Crippen molar-refractivity contribution in [2.24, 2.45) is 4.99 Å². The molecule has 0 spiro atoms. The highest BCUT2D eigenvalue weighted by atomic mass is 16.2. The zero-order valence-electron chi connectivity index (χ0n) is 17.2. The summed E-state index contributed by atoms with van der Waals surface area (Å²) in [5.74, 6) is 1.07. The SMILES string of the molecule is CCNC(=NCCC(=O)N1CCN(c2ccccc2)CC1)NC1CCCCC1. The van der Waals surface area contributed by atoms with Gasteiger partial charge in [-0.1, -0.05) is 37.5 Å². The van der Waals surface area contributed by atoms with Gasteiger partial charge in [-0.2, -0.15) is 0 Å². The number of nitrogens with zero attached hydrogens (tertiary/aromatic N) is 3. The standard InChI is InChI=1S/C22H35N5O/c1-2-23-22(25-19-9-5-3-6-10-19)24-14-13-21(28)27-17-15-26(16-18-27)20-11-7-4-8-12-20/h4,7-8,11-12,19H,2-3,5-6,9-10,13-18H2,1H3,(H2,23,24,25). The molecule has 2 aliphatic rings. The molecule has 1 aromatic carbocycles. The summed E-state index contributed by atoms with van der Waals surface area (Å²) in [5.41, 5.74) is 1.24. The van der Waals surface area contributed by atoms with Crippen LogP contribution >= 0.6 is 0 Å². The van der Waals surface area contributed by atoms with Gasteiger partial charge in [0.2, 0.25) is 5.91 Å². The summed E-state index contributed by atoms with van der Waals surface area (Å²) in [5, 5.41) is 6.86. The number of carbonyl (C=O) groups is 1. The Balaban J connectivity index is 1.42. The number of carbonyl (C=O) groups excluding carboxylic acids is 1. The third-order valence-electron chi connectivity index (χ3n) is 5.64. The lowest BCUT2D eigenvalue weighted by molar-refractivity contribution is -0.131. The van der Waals surface area contributed by atoms with Crippen molar-refractivity contribution in [3.8, 4) is 0 Å². The Morgan fingerprint density at radius 2 is 1.79 bits per heavy atom. The molecule has 1 heterocycles. The first-order chi connectivity index (χ1) is 13.8. The highest BCUT2D eigenvalue weighted by Gasteiger charge is 2.21. The second-order valence-corrected chi connectivity index (χ2v) is 7.69. The zero-order valence-corrected chi connectivity index (χ0v) is 17.2. The first-order valence-corrected chi connectivity index (χ1v) is 10.9. The van der Waals surface area contributed by atoms with E-state index < -0.39 is 0 Å². The van der Waals surface area contributed by atoms with Gasteiger partial charge in [0.25, 0.3) is 0 Å². The van der Waals surface area contributed by atoms with Crippen LogP contribution in [0.3, 0.4) is 0 Å². The summed E-state index contributed by atoms with van der Waals surface area (Å²) < 4.78 is 0. The van der Waals surface area contributed by atoms with Crippen molar-refractivity contribution in [1.29, 1.82) is 0 Å². The van der Waals surface area contributed by atoms with Crippen molar-refractivity contribution in [2.75, 3.05) is 44.2 Å². The lowest BCUT2D eigenvalue weighted by Gasteiger charge is -2.36. The largest absolute Gasteiger partial charge is 0.368 e. The van der Waals surface area contributed by atoms with Crippen LogP contribution < -0.4 is 15.5 Å². The summed E-state index contributed by atoms with van der Waals surface area (Å²) >= 11 is 0. The number of aliphatic imine (C=N–C) groups is 1. The van der Waals surface area contributed by atoms with E-state index in [4.69, 9.17) is 0 Å². The van der Waals surface area contributed by atoms with Crippen LogP contribution in [-0.2, 0) is 4.79 Å². The molecule has 1 saturated carbocycles. The molecular formula is C22H35N5O. The van der Waals surface area contributed by atoms with Gasteiger partial charge in [0.15, 0.2) is 5.96 Å². The van der Waals surface area contributed by atoms with Crippen LogP contribution in [0.15, 0.2) is 35.3 Å². The van der Waals surface area contributed by atoms with E-state index in [2.05, 4.69) is 51.7 Å². The molecule has 28 heavy (non-hydrogen) atoms. The number of hydrogen-bond acceptors (Lipinski definition) is 3. The van der Waals surface area contributed by atoms with Gasteiger partial charge in [-0.25, -0.2) is 0 Å². The monoisotopic (exact) mass is 385 g/mol. The lowest BCUT2D eigenvalue weighted by atomic mass is 9.96. The maximum atomic E-state index is 12.6. The van der Waals surface area contributed by atoms with E-state index in [9.17, 15) is 4.79 Å². The average molecular weight is 386 g/mol. The topological polar surface area (TPSA) is 60.0 Å². The van der Waals surface area contributed by atoms with Gasteiger partial charge >= 0.3 is 0 Å². The number of nitrogens with one attached hydrogen (secondary N) is 2. The summed E-state index contributed by atoms with van der Waals surface area (Å²) in [6.07, 6.45) is 6.85. The van der Waals surface area contributed by atoms with Crippen LogP contribution in [0.1, 0.15) is 45.4 Å². The van der Waals surface area contributed by atoms with Crippen molar-refractivity contribution in [1.82, 2.24) is 15.5 Å². The molecule has 6 heteroatoms. The molecule has 0 aromatic heterocycles. The Labute approximate surface area is 169 Å². The number of piperazine rings is 1. The Hall–Kier alpha value is -2.24. The number of rotatable bonds is 6. The lowest BCUT2D eigenvalue weighted by Crippen LogP contribution is -2.49. The summed E-state index contributed by atoms with van der Waals surface area (Å²) in [6.45, 7) is 6.83. The predicted octanol–water partition coefficient (Wildman–Crippen LogP) is 2.61. The first-order valence-electron chi connectivity index (χ1n) is 10.9. The van der Waals surface area contributed by atoms with Gasteiger partial charge in [-0.3, -0.25) is 9.79 Å².